The molecule has 0 aliphatic rings. The van der Waals surface area contributed by atoms with Crippen molar-refractivity contribution in [3.8, 4) is 22.4 Å². The molecule has 4 aromatic heterocycles. The van der Waals surface area contributed by atoms with E-state index in [-0.39, 0.29) is 0 Å². The highest BCUT2D eigenvalue weighted by Gasteiger charge is 2.14. The van der Waals surface area contributed by atoms with Crippen molar-refractivity contribution < 1.29 is 0 Å². The van der Waals surface area contributed by atoms with Gasteiger partial charge in [-0.25, -0.2) is 4.98 Å². The summed E-state index contributed by atoms with van der Waals surface area (Å²) in [6.07, 6.45) is 7.29. The third-order valence-corrected chi connectivity index (χ3v) is 4.88. The van der Waals surface area contributed by atoms with Crippen LogP contribution in [-0.4, -0.2) is 19.7 Å². The molecule has 22 heavy (non-hydrogen) atoms. The van der Waals surface area contributed by atoms with E-state index in [1.165, 1.54) is 0 Å². The van der Waals surface area contributed by atoms with Crippen molar-refractivity contribution in [2.24, 2.45) is 7.05 Å². The molecule has 0 radical (unpaired) electrons. The maximum absolute atomic E-state index is 6.45. The highest BCUT2D eigenvalue weighted by Crippen LogP contribution is 2.38. The predicted octanol–water partition coefficient (Wildman–Crippen LogP) is 4.41. The van der Waals surface area contributed by atoms with E-state index >= 15 is 0 Å². The topological polar surface area (TPSA) is 43.6 Å². The van der Waals surface area contributed by atoms with Crippen molar-refractivity contribution in [2.75, 3.05) is 0 Å². The van der Waals surface area contributed by atoms with Gasteiger partial charge in [-0.05, 0) is 23.8 Å². The molecule has 4 nitrogen and oxygen atoms in total. The lowest BCUT2D eigenvalue weighted by Crippen LogP contribution is -1.86. The number of nitrogens with zero attached hydrogens (tertiary/aromatic N) is 4. The van der Waals surface area contributed by atoms with Crippen LogP contribution in [0.4, 0.5) is 0 Å². The maximum atomic E-state index is 6.45. The van der Waals surface area contributed by atoms with E-state index in [1.807, 2.05) is 31.4 Å². The zero-order chi connectivity index (χ0) is 15.1. The van der Waals surface area contributed by atoms with Crippen molar-refractivity contribution in [3.05, 3.63) is 53.4 Å². The van der Waals surface area contributed by atoms with Gasteiger partial charge in [0.1, 0.15) is 0 Å². The van der Waals surface area contributed by atoms with E-state index in [0.29, 0.717) is 5.02 Å². The van der Waals surface area contributed by atoms with Gasteiger partial charge in [-0.1, -0.05) is 11.6 Å². The van der Waals surface area contributed by atoms with Crippen LogP contribution in [0.3, 0.4) is 0 Å². The van der Waals surface area contributed by atoms with E-state index in [2.05, 4.69) is 15.5 Å². The second-order valence-corrected chi connectivity index (χ2v) is 6.24. The fourth-order valence-corrected chi connectivity index (χ4v) is 3.66. The molecule has 4 rings (SSSR count). The quantitative estimate of drug-likeness (QED) is 0.548. The zero-order valence-corrected chi connectivity index (χ0v) is 13.3. The molecule has 0 saturated heterocycles. The number of thiophene rings is 1. The summed E-state index contributed by atoms with van der Waals surface area (Å²) >= 11 is 8.06. The fraction of sp³-hybridized carbons (Fsp3) is 0.0625. The molecule has 0 fully saturated rings. The van der Waals surface area contributed by atoms with Crippen LogP contribution in [0.25, 0.3) is 32.6 Å². The van der Waals surface area contributed by atoms with Crippen LogP contribution in [-0.2, 0) is 7.05 Å². The Morgan fingerprint density at radius 1 is 1.18 bits per heavy atom. The summed E-state index contributed by atoms with van der Waals surface area (Å²) in [6, 6.07) is 5.86. The Hall–Kier alpha value is -2.24. The van der Waals surface area contributed by atoms with Crippen LogP contribution in [0.5, 0.6) is 0 Å². The average Bonchev–Trinajstić information content (AvgIpc) is 3.14. The number of fused-ring (bicyclic) bond motifs is 1. The van der Waals surface area contributed by atoms with Gasteiger partial charge in [0.2, 0.25) is 0 Å². The molecule has 0 unspecified atom stereocenters. The van der Waals surface area contributed by atoms with E-state index in [9.17, 15) is 0 Å². The third-order valence-electron chi connectivity index (χ3n) is 3.47. The van der Waals surface area contributed by atoms with Gasteiger partial charge in [0.15, 0.2) is 0 Å². The molecule has 4 aromatic rings. The van der Waals surface area contributed by atoms with Crippen molar-refractivity contribution >= 4 is 33.2 Å². The van der Waals surface area contributed by atoms with E-state index in [1.54, 1.807) is 34.6 Å². The molecule has 0 spiro atoms. The Morgan fingerprint density at radius 3 is 2.73 bits per heavy atom. The lowest BCUT2D eigenvalue weighted by Gasteiger charge is -2.03. The summed E-state index contributed by atoms with van der Waals surface area (Å²) in [4.78, 5) is 8.87. The monoisotopic (exact) mass is 326 g/mol. The van der Waals surface area contributed by atoms with Gasteiger partial charge in [0, 0.05) is 42.1 Å². The van der Waals surface area contributed by atoms with E-state index < -0.39 is 0 Å². The zero-order valence-electron chi connectivity index (χ0n) is 11.7. The summed E-state index contributed by atoms with van der Waals surface area (Å²) in [5, 5.41) is 7.00. The van der Waals surface area contributed by atoms with Gasteiger partial charge in [0.25, 0.3) is 0 Å². The summed E-state index contributed by atoms with van der Waals surface area (Å²) in [5.41, 5.74) is 4.88. The molecule has 0 N–H and O–H groups in total. The van der Waals surface area contributed by atoms with Gasteiger partial charge in [-0.15, -0.1) is 11.3 Å². The molecular formula is C16H11ClN4S. The second kappa shape index (κ2) is 5.19. The minimum absolute atomic E-state index is 0.717. The van der Waals surface area contributed by atoms with Crippen LogP contribution >= 0.6 is 22.9 Å². The Kier molecular flexibility index (Phi) is 3.17. The van der Waals surface area contributed by atoms with Crippen LogP contribution in [0.1, 0.15) is 0 Å². The highest BCUT2D eigenvalue weighted by molar-refractivity contribution is 7.18. The number of rotatable bonds is 2. The molecular weight excluding hydrogens is 316 g/mol. The molecule has 0 aliphatic carbocycles. The lowest BCUT2D eigenvalue weighted by atomic mass is 10.1. The van der Waals surface area contributed by atoms with Crippen LogP contribution in [0.2, 0.25) is 5.02 Å². The van der Waals surface area contributed by atoms with Gasteiger partial charge in [-0.3, -0.25) is 9.67 Å². The first-order chi connectivity index (χ1) is 10.7. The number of aryl methyl sites for hydroxylation is 1. The Labute approximate surface area is 136 Å². The standard InChI is InChI=1S/C16H11ClN4S/c1-21-8-11(7-19-21)14-6-13(17)16-15(20-14)12(9-22-16)10-2-4-18-5-3-10/h2-9H,1H3. The van der Waals surface area contributed by atoms with Gasteiger partial charge >= 0.3 is 0 Å². The number of halogens is 1. The van der Waals surface area contributed by atoms with Crippen molar-refractivity contribution in [1.82, 2.24) is 19.7 Å². The van der Waals surface area contributed by atoms with Gasteiger partial charge in [-0.2, -0.15) is 5.10 Å². The molecule has 0 amide bonds. The largest absolute Gasteiger partial charge is 0.275 e. The second-order valence-electron chi connectivity index (χ2n) is 4.95. The minimum atomic E-state index is 0.717. The summed E-state index contributed by atoms with van der Waals surface area (Å²) in [5.74, 6) is 0. The Balaban J connectivity index is 1.96. The maximum Gasteiger partial charge on any atom is 0.0910 e. The molecule has 0 bridgehead atoms. The summed E-state index contributed by atoms with van der Waals surface area (Å²) < 4.78 is 2.76. The molecule has 0 aromatic carbocycles. The van der Waals surface area contributed by atoms with Crippen LogP contribution < -0.4 is 0 Å². The van der Waals surface area contributed by atoms with Crippen molar-refractivity contribution in [2.45, 2.75) is 0 Å². The molecule has 108 valence electrons. The Bertz CT molecular complexity index is 959. The Morgan fingerprint density at radius 2 is 2.00 bits per heavy atom. The number of hydrogen-bond acceptors (Lipinski definition) is 4. The first-order valence-electron chi connectivity index (χ1n) is 6.69. The normalized spacial score (nSPS) is 11.2. The van der Waals surface area contributed by atoms with E-state index in [0.717, 1.165) is 32.6 Å². The molecule has 4 heterocycles. The minimum Gasteiger partial charge on any atom is -0.275 e. The highest BCUT2D eigenvalue weighted by atomic mass is 35.5. The van der Waals surface area contributed by atoms with Crippen molar-refractivity contribution in [3.63, 3.8) is 0 Å². The first-order valence-corrected chi connectivity index (χ1v) is 7.95. The predicted molar refractivity (Wildman–Crippen MR) is 90.1 cm³/mol. The van der Waals surface area contributed by atoms with Crippen LogP contribution in [0, 0.1) is 0 Å². The number of aromatic nitrogens is 4. The molecule has 6 heteroatoms. The SMILES string of the molecule is Cn1cc(-c2cc(Cl)c3scc(-c4ccncc4)c3n2)cn1. The first kappa shape index (κ1) is 13.4. The third kappa shape index (κ3) is 2.19. The van der Waals surface area contributed by atoms with Crippen molar-refractivity contribution in [1.29, 1.82) is 0 Å². The van der Waals surface area contributed by atoms with Crippen LogP contribution in [0.15, 0.2) is 48.4 Å². The lowest BCUT2D eigenvalue weighted by molar-refractivity contribution is 0.768. The smallest absolute Gasteiger partial charge is 0.0910 e. The fourth-order valence-electron chi connectivity index (χ4n) is 2.41. The van der Waals surface area contributed by atoms with Gasteiger partial charge in [0.05, 0.1) is 27.1 Å². The summed E-state index contributed by atoms with van der Waals surface area (Å²) in [6.45, 7) is 0. The van der Waals surface area contributed by atoms with E-state index in [4.69, 9.17) is 16.6 Å². The molecule has 0 atom stereocenters. The number of hydrogen-bond donors (Lipinski definition) is 0. The van der Waals surface area contributed by atoms with Gasteiger partial charge < -0.3 is 0 Å². The molecule has 0 aliphatic heterocycles. The molecule has 0 saturated carbocycles. The summed E-state index contributed by atoms with van der Waals surface area (Å²) in [7, 11) is 1.89. The average molecular weight is 327 g/mol. The number of pyridine rings is 2.